The molecule has 1 heterocycles. The third-order valence-electron chi connectivity index (χ3n) is 2.92. The first-order valence-corrected chi connectivity index (χ1v) is 7.01. The Hall–Kier alpha value is -1.11. The molecule has 1 aliphatic heterocycles. The molecule has 1 unspecified atom stereocenters. The summed E-state index contributed by atoms with van der Waals surface area (Å²) < 4.78 is 27.7. The summed E-state index contributed by atoms with van der Waals surface area (Å²) in [5, 5.41) is 0. The SMILES string of the molecule is Cc1ccc(N2CC(CN)CNS2(=O)=O)cc1. The summed E-state index contributed by atoms with van der Waals surface area (Å²) in [5.41, 5.74) is 7.38. The third-order valence-corrected chi connectivity index (χ3v) is 4.40. The molecule has 0 radical (unpaired) electrons. The molecule has 0 aromatic heterocycles. The van der Waals surface area contributed by atoms with E-state index in [9.17, 15) is 8.42 Å². The van der Waals surface area contributed by atoms with Crippen molar-refractivity contribution in [2.45, 2.75) is 6.92 Å². The molecule has 0 amide bonds. The minimum atomic E-state index is -3.40. The van der Waals surface area contributed by atoms with E-state index in [1.165, 1.54) is 4.31 Å². The predicted molar refractivity (Wildman–Crippen MR) is 68.0 cm³/mol. The second-order valence-electron chi connectivity index (χ2n) is 4.32. The molecule has 0 aliphatic carbocycles. The monoisotopic (exact) mass is 255 g/mol. The lowest BCUT2D eigenvalue weighted by Gasteiger charge is -2.33. The minimum Gasteiger partial charge on any atom is -0.330 e. The molecule has 1 aromatic rings. The highest BCUT2D eigenvalue weighted by molar-refractivity contribution is 7.90. The Labute approximate surface area is 102 Å². The molecular weight excluding hydrogens is 238 g/mol. The zero-order chi connectivity index (χ0) is 12.5. The third kappa shape index (κ3) is 2.59. The summed E-state index contributed by atoms with van der Waals surface area (Å²) in [6, 6.07) is 7.43. The molecular formula is C11H17N3O2S. The molecule has 17 heavy (non-hydrogen) atoms. The van der Waals surface area contributed by atoms with Gasteiger partial charge in [-0.15, -0.1) is 0 Å². The Morgan fingerprint density at radius 1 is 1.41 bits per heavy atom. The van der Waals surface area contributed by atoms with Crippen LogP contribution in [-0.4, -0.2) is 28.1 Å². The van der Waals surface area contributed by atoms with Crippen LogP contribution in [0.15, 0.2) is 24.3 Å². The zero-order valence-corrected chi connectivity index (χ0v) is 10.6. The van der Waals surface area contributed by atoms with Crippen LogP contribution in [0, 0.1) is 12.8 Å². The van der Waals surface area contributed by atoms with E-state index in [1.54, 1.807) is 0 Å². The first-order chi connectivity index (χ1) is 8.03. The first-order valence-electron chi connectivity index (χ1n) is 5.57. The van der Waals surface area contributed by atoms with Crippen LogP contribution in [0.4, 0.5) is 5.69 Å². The topological polar surface area (TPSA) is 75.4 Å². The van der Waals surface area contributed by atoms with Gasteiger partial charge in [0.15, 0.2) is 0 Å². The van der Waals surface area contributed by atoms with Gasteiger partial charge in [-0.25, -0.2) is 0 Å². The number of benzene rings is 1. The number of nitrogens with one attached hydrogen (secondary N) is 1. The van der Waals surface area contributed by atoms with Crippen molar-refractivity contribution in [2.75, 3.05) is 23.9 Å². The van der Waals surface area contributed by atoms with E-state index >= 15 is 0 Å². The number of rotatable bonds is 2. The van der Waals surface area contributed by atoms with Gasteiger partial charge in [-0.1, -0.05) is 17.7 Å². The van der Waals surface area contributed by atoms with Gasteiger partial charge in [0.2, 0.25) is 0 Å². The van der Waals surface area contributed by atoms with Crippen molar-refractivity contribution in [3.63, 3.8) is 0 Å². The van der Waals surface area contributed by atoms with Crippen molar-refractivity contribution in [3.8, 4) is 0 Å². The van der Waals surface area contributed by atoms with Gasteiger partial charge in [-0.2, -0.15) is 13.1 Å². The lowest BCUT2D eigenvalue weighted by Crippen LogP contribution is -2.53. The predicted octanol–water partition coefficient (Wildman–Crippen LogP) is 0.224. The highest BCUT2D eigenvalue weighted by Crippen LogP contribution is 2.21. The lowest BCUT2D eigenvalue weighted by atomic mass is 10.1. The Balaban J connectivity index is 2.30. The normalized spacial score (nSPS) is 23.6. The van der Waals surface area contributed by atoms with Crippen molar-refractivity contribution < 1.29 is 8.42 Å². The van der Waals surface area contributed by atoms with Gasteiger partial charge in [0.25, 0.3) is 0 Å². The Kier molecular flexibility index (Phi) is 3.37. The summed E-state index contributed by atoms with van der Waals surface area (Å²) in [5.74, 6) is 0.153. The smallest absolute Gasteiger partial charge is 0.301 e. The van der Waals surface area contributed by atoms with Gasteiger partial charge in [0.05, 0.1) is 5.69 Å². The second kappa shape index (κ2) is 4.64. The zero-order valence-electron chi connectivity index (χ0n) is 9.76. The van der Waals surface area contributed by atoms with Crippen LogP contribution in [0.5, 0.6) is 0 Å². The number of nitrogens with zero attached hydrogens (tertiary/aromatic N) is 1. The first kappa shape index (κ1) is 12.3. The maximum absolute atomic E-state index is 11.9. The number of nitrogens with two attached hydrogens (primary N) is 1. The van der Waals surface area contributed by atoms with Crippen LogP contribution in [0.2, 0.25) is 0 Å². The van der Waals surface area contributed by atoms with Crippen molar-refractivity contribution in [1.82, 2.24) is 4.72 Å². The van der Waals surface area contributed by atoms with Crippen LogP contribution in [0.25, 0.3) is 0 Å². The van der Waals surface area contributed by atoms with Crippen molar-refractivity contribution in [3.05, 3.63) is 29.8 Å². The molecule has 6 heteroatoms. The largest absolute Gasteiger partial charge is 0.330 e. The maximum atomic E-state index is 11.9. The molecule has 3 N–H and O–H groups in total. The van der Waals surface area contributed by atoms with Gasteiger partial charge in [0.1, 0.15) is 0 Å². The Bertz CT molecular complexity index is 484. The average molecular weight is 255 g/mol. The van der Waals surface area contributed by atoms with Crippen LogP contribution in [-0.2, 0) is 10.2 Å². The number of anilines is 1. The van der Waals surface area contributed by atoms with Crippen molar-refractivity contribution in [2.24, 2.45) is 11.7 Å². The quantitative estimate of drug-likeness (QED) is 0.794. The van der Waals surface area contributed by atoms with Gasteiger partial charge in [-0.3, -0.25) is 4.31 Å². The van der Waals surface area contributed by atoms with Crippen molar-refractivity contribution in [1.29, 1.82) is 0 Å². The van der Waals surface area contributed by atoms with E-state index in [0.717, 1.165) is 5.56 Å². The van der Waals surface area contributed by atoms with Gasteiger partial charge in [0, 0.05) is 19.0 Å². The standard InChI is InChI=1S/C11H17N3O2S/c1-9-2-4-11(5-3-9)14-8-10(6-12)7-13-17(14,15)16/h2-5,10,13H,6-8,12H2,1H3. The van der Waals surface area contributed by atoms with Crippen LogP contribution >= 0.6 is 0 Å². The van der Waals surface area contributed by atoms with Crippen LogP contribution in [0.3, 0.4) is 0 Å². The molecule has 1 atom stereocenters. The number of hydrogen-bond acceptors (Lipinski definition) is 3. The molecule has 1 saturated heterocycles. The summed E-state index contributed by atoms with van der Waals surface area (Å²) in [4.78, 5) is 0. The highest BCUT2D eigenvalue weighted by Gasteiger charge is 2.30. The van der Waals surface area contributed by atoms with E-state index in [2.05, 4.69) is 4.72 Å². The summed E-state index contributed by atoms with van der Waals surface area (Å²) in [6.07, 6.45) is 0. The summed E-state index contributed by atoms with van der Waals surface area (Å²) in [7, 11) is -3.40. The van der Waals surface area contributed by atoms with E-state index < -0.39 is 10.2 Å². The summed E-state index contributed by atoms with van der Waals surface area (Å²) >= 11 is 0. The molecule has 1 aliphatic rings. The lowest BCUT2D eigenvalue weighted by molar-refractivity contribution is 0.486. The van der Waals surface area contributed by atoms with E-state index in [4.69, 9.17) is 5.73 Å². The minimum absolute atomic E-state index is 0.153. The van der Waals surface area contributed by atoms with Gasteiger partial charge in [-0.05, 0) is 25.6 Å². The highest BCUT2D eigenvalue weighted by atomic mass is 32.2. The average Bonchev–Trinajstić information content (AvgIpc) is 2.30. The fourth-order valence-corrected chi connectivity index (χ4v) is 3.22. The van der Waals surface area contributed by atoms with E-state index in [-0.39, 0.29) is 5.92 Å². The van der Waals surface area contributed by atoms with Gasteiger partial charge >= 0.3 is 10.2 Å². The van der Waals surface area contributed by atoms with Crippen LogP contribution < -0.4 is 14.8 Å². The molecule has 2 rings (SSSR count). The fourth-order valence-electron chi connectivity index (χ4n) is 1.81. The Morgan fingerprint density at radius 2 is 2.06 bits per heavy atom. The molecule has 5 nitrogen and oxygen atoms in total. The van der Waals surface area contributed by atoms with Crippen LogP contribution in [0.1, 0.15) is 5.56 Å². The maximum Gasteiger partial charge on any atom is 0.301 e. The second-order valence-corrected chi connectivity index (χ2v) is 6.00. The number of aryl methyl sites for hydroxylation is 1. The number of hydrogen-bond donors (Lipinski definition) is 2. The van der Waals surface area contributed by atoms with E-state index in [1.807, 2.05) is 31.2 Å². The molecule has 1 aromatic carbocycles. The Morgan fingerprint density at radius 3 is 2.65 bits per heavy atom. The summed E-state index contributed by atoms with van der Waals surface area (Å²) in [6.45, 7) is 3.30. The van der Waals surface area contributed by atoms with E-state index in [0.29, 0.717) is 25.3 Å². The van der Waals surface area contributed by atoms with Crippen molar-refractivity contribution >= 4 is 15.9 Å². The molecule has 0 spiro atoms. The molecule has 94 valence electrons. The van der Waals surface area contributed by atoms with Gasteiger partial charge < -0.3 is 5.73 Å². The molecule has 1 fully saturated rings. The molecule has 0 bridgehead atoms. The molecule has 0 saturated carbocycles. The fraction of sp³-hybridized carbons (Fsp3) is 0.455.